The van der Waals surface area contributed by atoms with Gasteiger partial charge in [0.15, 0.2) is 0 Å². The molecule has 7 nitrogen and oxygen atoms in total. The SMILES string of the molecule is CCNc1nc(C)c([N+](=O)[O-])c(N2CCC(C(C)C)C2)n1. The Labute approximate surface area is 124 Å². The van der Waals surface area contributed by atoms with E-state index in [1.807, 2.05) is 11.8 Å². The van der Waals surface area contributed by atoms with E-state index in [1.54, 1.807) is 6.92 Å². The molecule has 0 saturated carbocycles. The molecule has 0 spiro atoms. The number of rotatable bonds is 5. The van der Waals surface area contributed by atoms with E-state index in [1.165, 1.54) is 0 Å². The molecule has 0 bridgehead atoms. The Morgan fingerprint density at radius 3 is 2.71 bits per heavy atom. The van der Waals surface area contributed by atoms with Gasteiger partial charge in [0, 0.05) is 19.6 Å². The van der Waals surface area contributed by atoms with Crippen molar-refractivity contribution in [3.8, 4) is 0 Å². The molecule has 1 unspecified atom stereocenters. The summed E-state index contributed by atoms with van der Waals surface area (Å²) in [4.78, 5) is 21.6. The molecule has 0 aliphatic carbocycles. The van der Waals surface area contributed by atoms with Crippen molar-refractivity contribution in [1.29, 1.82) is 0 Å². The minimum atomic E-state index is -0.372. The van der Waals surface area contributed by atoms with Gasteiger partial charge in [-0.2, -0.15) is 4.98 Å². The van der Waals surface area contributed by atoms with Crippen molar-refractivity contribution in [1.82, 2.24) is 9.97 Å². The van der Waals surface area contributed by atoms with E-state index >= 15 is 0 Å². The van der Waals surface area contributed by atoms with Gasteiger partial charge in [0.05, 0.1) is 4.92 Å². The summed E-state index contributed by atoms with van der Waals surface area (Å²) in [5, 5.41) is 14.4. The second kappa shape index (κ2) is 6.24. The third-order valence-electron chi connectivity index (χ3n) is 4.02. The Balaban J connectivity index is 2.38. The highest BCUT2D eigenvalue weighted by molar-refractivity contribution is 5.63. The number of aryl methyl sites for hydroxylation is 1. The lowest BCUT2D eigenvalue weighted by Crippen LogP contribution is -2.24. The Morgan fingerprint density at radius 1 is 1.48 bits per heavy atom. The zero-order valence-electron chi connectivity index (χ0n) is 13.1. The number of hydrogen-bond donors (Lipinski definition) is 1. The summed E-state index contributed by atoms with van der Waals surface area (Å²) in [5.41, 5.74) is 0.440. The van der Waals surface area contributed by atoms with Crippen LogP contribution in [0.3, 0.4) is 0 Å². The second-order valence-electron chi connectivity index (χ2n) is 5.83. The summed E-state index contributed by atoms with van der Waals surface area (Å²) in [6.45, 7) is 10.3. The Bertz CT molecular complexity index is 532. The fourth-order valence-electron chi connectivity index (χ4n) is 2.75. The maximum Gasteiger partial charge on any atom is 0.332 e. The van der Waals surface area contributed by atoms with E-state index in [9.17, 15) is 10.1 Å². The third-order valence-corrected chi connectivity index (χ3v) is 4.02. The van der Waals surface area contributed by atoms with Crippen LogP contribution in [-0.2, 0) is 0 Å². The molecule has 1 aromatic rings. The third kappa shape index (κ3) is 3.22. The number of nitrogens with zero attached hydrogens (tertiary/aromatic N) is 4. The van der Waals surface area contributed by atoms with Crippen molar-refractivity contribution in [2.45, 2.75) is 34.1 Å². The Morgan fingerprint density at radius 2 is 2.19 bits per heavy atom. The molecule has 116 valence electrons. The summed E-state index contributed by atoms with van der Waals surface area (Å²) >= 11 is 0. The quantitative estimate of drug-likeness (QED) is 0.663. The summed E-state index contributed by atoms with van der Waals surface area (Å²) in [7, 11) is 0. The molecular weight excluding hydrogens is 270 g/mol. The van der Waals surface area contributed by atoms with E-state index in [0.717, 1.165) is 19.5 Å². The van der Waals surface area contributed by atoms with Crippen LogP contribution >= 0.6 is 0 Å². The Kier molecular flexibility index (Phi) is 4.59. The molecule has 1 aliphatic heterocycles. The van der Waals surface area contributed by atoms with Gasteiger partial charge in [-0.3, -0.25) is 10.1 Å². The summed E-state index contributed by atoms with van der Waals surface area (Å²) in [5.74, 6) is 2.04. The zero-order valence-corrected chi connectivity index (χ0v) is 13.1. The molecule has 1 N–H and O–H groups in total. The van der Waals surface area contributed by atoms with E-state index < -0.39 is 0 Å². The Hall–Kier alpha value is -1.92. The first kappa shape index (κ1) is 15.5. The van der Waals surface area contributed by atoms with E-state index in [2.05, 4.69) is 29.1 Å². The molecular formula is C14H23N5O2. The van der Waals surface area contributed by atoms with Crippen LogP contribution in [0.15, 0.2) is 0 Å². The summed E-state index contributed by atoms with van der Waals surface area (Å²) in [6, 6.07) is 0. The highest BCUT2D eigenvalue weighted by atomic mass is 16.6. The van der Waals surface area contributed by atoms with Gasteiger partial charge in [-0.05, 0) is 32.1 Å². The van der Waals surface area contributed by atoms with Crippen molar-refractivity contribution >= 4 is 17.5 Å². The average Bonchev–Trinajstić information content (AvgIpc) is 2.87. The van der Waals surface area contributed by atoms with Gasteiger partial charge >= 0.3 is 5.69 Å². The lowest BCUT2D eigenvalue weighted by atomic mass is 9.95. The van der Waals surface area contributed by atoms with Crippen molar-refractivity contribution < 1.29 is 4.92 Å². The number of aromatic nitrogens is 2. The normalized spacial score (nSPS) is 18.3. The number of anilines is 2. The van der Waals surface area contributed by atoms with Crippen LogP contribution in [0, 0.1) is 28.9 Å². The lowest BCUT2D eigenvalue weighted by molar-refractivity contribution is -0.385. The van der Waals surface area contributed by atoms with Gasteiger partial charge in [-0.15, -0.1) is 0 Å². The molecule has 1 aliphatic rings. The molecule has 0 amide bonds. The minimum Gasteiger partial charge on any atom is -0.354 e. The first-order chi connectivity index (χ1) is 9.93. The van der Waals surface area contributed by atoms with Crippen LogP contribution < -0.4 is 10.2 Å². The number of hydrogen-bond acceptors (Lipinski definition) is 6. The predicted molar refractivity (Wildman–Crippen MR) is 82.7 cm³/mol. The maximum absolute atomic E-state index is 11.4. The highest BCUT2D eigenvalue weighted by Crippen LogP contribution is 2.34. The molecule has 1 fully saturated rings. The smallest absolute Gasteiger partial charge is 0.332 e. The largest absolute Gasteiger partial charge is 0.354 e. The predicted octanol–water partition coefficient (Wildman–Crippen LogP) is 2.61. The van der Waals surface area contributed by atoms with E-state index in [4.69, 9.17) is 0 Å². The van der Waals surface area contributed by atoms with Gasteiger partial charge < -0.3 is 10.2 Å². The van der Waals surface area contributed by atoms with Crippen molar-refractivity contribution in [2.75, 3.05) is 29.9 Å². The van der Waals surface area contributed by atoms with Crippen molar-refractivity contribution in [3.05, 3.63) is 15.8 Å². The molecule has 0 radical (unpaired) electrons. The first-order valence-electron chi connectivity index (χ1n) is 7.45. The maximum atomic E-state index is 11.4. The van der Waals surface area contributed by atoms with Crippen LogP contribution in [0.25, 0.3) is 0 Å². The highest BCUT2D eigenvalue weighted by Gasteiger charge is 2.32. The van der Waals surface area contributed by atoms with Gasteiger partial charge in [0.25, 0.3) is 0 Å². The molecule has 2 heterocycles. The topological polar surface area (TPSA) is 84.2 Å². The van der Waals surface area contributed by atoms with E-state index in [-0.39, 0.29) is 10.6 Å². The standard InChI is InChI=1S/C14H23N5O2/c1-5-15-14-16-10(4)12(19(20)21)13(17-14)18-7-6-11(8-18)9(2)3/h9,11H,5-8H2,1-4H3,(H,15,16,17). The minimum absolute atomic E-state index is 0.0288. The summed E-state index contributed by atoms with van der Waals surface area (Å²) < 4.78 is 0. The summed E-state index contributed by atoms with van der Waals surface area (Å²) in [6.07, 6.45) is 1.05. The van der Waals surface area contributed by atoms with E-state index in [0.29, 0.717) is 35.8 Å². The van der Waals surface area contributed by atoms with Crippen molar-refractivity contribution in [3.63, 3.8) is 0 Å². The molecule has 1 saturated heterocycles. The monoisotopic (exact) mass is 293 g/mol. The molecule has 21 heavy (non-hydrogen) atoms. The molecule has 7 heteroatoms. The molecule has 2 rings (SSSR count). The zero-order chi connectivity index (χ0) is 15.6. The van der Waals surface area contributed by atoms with Crippen LogP contribution in [0.1, 0.15) is 32.9 Å². The van der Waals surface area contributed by atoms with Crippen LogP contribution in [0.5, 0.6) is 0 Å². The lowest BCUT2D eigenvalue weighted by Gasteiger charge is -2.20. The van der Waals surface area contributed by atoms with Crippen molar-refractivity contribution in [2.24, 2.45) is 11.8 Å². The van der Waals surface area contributed by atoms with Crippen LogP contribution in [-0.4, -0.2) is 34.5 Å². The first-order valence-corrected chi connectivity index (χ1v) is 7.45. The van der Waals surface area contributed by atoms with Gasteiger partial charge in [0.2, 0.25) is 11.8 Å². The van der Waals surface area contributed by atoms with Gasteiger partial charge in [-0.25, -0.2) is 4.98 Å². The van der Waals surface area contributed by atoms with Crippen LogP contribution in [0.4, 0.5) is 17.5 Å². The second-order valence-corrected chi connectivity index (χ2v) is 5.83. The average molecular weight is 293 g/mol. The number of nitro groups is 1. The van der Waals surface area contributed by atoms with Gasteiger partial charge in [0.1, 0.15) is 5.69 Å². The fraction of sp³-hybridized carbons (Fsp3) is 0.714. The molecule has 1 aromatic heterocycles. The number of nitrogens with one attached hydrogen (secondary N) is 1. The molecule has 0 aromatic carbocycles. The molecule has 1 atom stereocenters. The fourth-order valence-corrected chi connectivity index (χ4v) is 2.75. The van der Waals surface area contributed by atoms with Crippen LogP contribution in [0.2, 0.25) is 0 Å². The van der Waals surface area contributed by atoms with Gasteiger partial charge in [-0.1, -0.05) is 13.8 Å².